The van der Waals surface area contributed by atoms with E-state index in [1.807, 2.05) is 36.4 Å². The number of nitrogens with one attached hydrogen (secondary N) is 2. The maximum Gasteiger partial charge on any atom is 0.356 e. The standard InChI is InChI=1S/C28H36N4O4/c1-28(2)12-8-11-20(17-28)30-21-16-22-24(31-23(33)15-19-9-6-5-7-10-19)25(27(34)36-4)32(13-14-35-3)26(22)29-18-21/h5-7,9-10,16,18,20,30H,8,11-15,17H2,1-4H3,(H,31,33). The van der Waals surface area contributed by atoms with Crippen molar-refractivity contribution >= 4 is 34.3 Å². The van der Waals surface area contributed by atoms with Crippen LogP contribution < -0.4 is 10.6 Å². The lowest BCUT2D eigenvalue weighted by atomic mass is 9.75. The molecule has 1 unspecified atom stereocenters. The summed E-state index contributed by atoms with van der Waals surface area (Å²) in [6.07, 6.45) is 6.57. The predicted molar refractivity (Wildman–Crippen MR) is 141 cm³/mol. The van der Waals surface area contributed by atoms with E-state index in [1.54, 1.807) is 17.9 Å². The molecule has 0 bridgehead atoms. The van der Waals surface area contributed by atoms with Crippen LogP contribution in [0.4, 0.5) is 11.4 Å². The Morgan fingerprint density at radius 2 is 1.97 bits per heavy atom. The van der Waals surface area contributed by atoms with Crippen molar-refractivity contribution in [3.63, 3.8) is 0 Å². The lowest BCUT2D eigenvalue weighted by Gasteiger charge is -2.36. The monoisotopic (exact) mass is 492 g/mol. The molecule has 8 heteroatoms. The van der Waals surface area contributed by atoms with E-state index in [2.05, 4.69) is 24.5 Å². The van der Waals surface area contributed by atoms with Crippen LogP contribution in [0.2, 0.25) is 0 Å². The molecule has 4 rings (SSSR count). The second-order valence-electron chi connectivity index (χ2n) is 10.3. The molecule has 3 aromatic rings. The molecule has 1 saturated carbocycles. The first-order chi connectivity index (χ1) is 17.3. The number of anilines is 2. The molecule has 1 atom stereocenters. The molecule has 36 heavy (non-hydrogen) atoms. The number of methoxy groups -OCH3 is 2. The van der Waals surface area contributed by atoms with Crippen LogP contribution in [0.3, 0.4) is 0 Å². The van der Waals surface area contributed by atoms with Crippen LogP contribution in [0.25, 0.3) is 11.0 Å². The summed E-state index contributed by atoms with van der Waals surface area (Å²) in [6, 6.07) is 11.8. The number of benzene rings is 1. The fourth-order valence-electron chi connectivity index (χ4n) is 5.16. The van der Waals surface area contributed by atoms with Crippen LogP contribution in [0, 0.1) is 5.41 Å². The van der Waals surface area contributed by atoms with Gasteiger partial charge in [-0.25, -0.2) is 9.78 Å². The molecule has 192 valence electrons. The lowest BCUT2D eigenvalue weighted by Crippen LogP contribution is -2.31. The van der Waals surface area contributed by atoms with Crippen LogP contribution in [-0.4, -0.2) is 48.3 Å². The summed E-state index contributed by atoms with van der Waals surface area (Å²) in [6.45, 7) is 5.38. The van der Waals surface area contributed by atoms with Gasteiger partial charge in [0.2, 0.25) is 5.91 Å². The number of fused-ring (bicyclic) bond motifs is 1. The van der Waals surface area contributed by atoms with Gasteiger partial charge < -0.3 is 24.7 Å². The van der Waals surface area contributed by atoms with Crippen LogP contribution in [0.1, 0.15) is 55.6 Å². The molecule has 1 aromatic carbocycles. The Kier molecular flexibility index (Phi) is 7.94. The summed E-state index contributed by atoms with van der Waals surface area (Å²) in [7, 11) is 2.94. The van der Waals surface area contributed by atoms with E-state index in [0.717, 1.165) is 24.1 Å². The van der Waals surface area contributed by atoms with Gasteiger partial charge in [0.1, 0.15) is 5.65 Å². The van der Waals surface area contributed by atoms with Gasteiger partial charge in [-0.05, 0) is 36.3 Å². The topological polar surface area (TPSA) is 94.5 Å². The van der Waals surface area contributed by atoms with Crippen molar-refractivity contribution in [3.05, 3.63) is 53.9 Å². The smallest absolute Gasteiger partial charge is 0.356 e. The van der Waals surface area contributed by atoms with Crippen LogP contribution in [-0.2, 0) is 27.2 Å². The van der Waals surface area contributed by atoms with Crippen LogP contribution >= 0.6 is 0 Å². The van der Waals surface area contributed by atoms with Crippen molar-refractivity contribution in [2.75, 3.05) is 31.5 Å². The van der Waals surface area contributed by atoms with Gasteiger partial charge in [0, 0.05) is 25.1 Å². The largest absolute Gasteiger partial charge is 0.464 e. The highest BCUT2D eigenvalue weighted by Gasteiger charge is 2.29. The highest BCUT2D eigenvalue weighted by Crippen LogP contribution is 2.37. The number of amides is 1. The molecule has 8 nitrogen and oxygen atoms in total. The van der Waals surface area contributed by atoms with E-state index in [9.17, 15) is 9.59 Å². The van der Waals surface area contributed by atoms with Gasteiger partial charge >= 0.3 is 5.97 Å². The molecule has 2 aromatic heterocycles. The van der Waals surface area contributed by atoms with Gasteiger partial charge in [0.25, 0.3) is 0 Å². The zero-order chi connectivity index (χ0) is 25.7. The number of carbonyl (C=O) groups is 2. The molecule has 2 heterocycles. The fraction of sp³-hybridized carbons (Fsp3) is 0.464. The van der Waals surface area contributed by atoms with Crippen LogP contribution in [0.5, 0.6) is 0 Å². The Morgan fingerprint density at radius 1 is 1.19 bits per heavy atom. The highest BCUT2D eigenvalue weighted by molar-refractivity contribution is 6.11. The van der Waals surface area contributed by atoms with E-state index >= 15 is 0 Å². The number of hydrogen-bond donors (Lipinski definition) is 2. The van der Waals surface area contributed by atoms with E-state index in [-0.39, 0.29) is 18.0 Å². The molecule has 1 aliphatic carbocycles. The van der Waals surface area contributed by atoms with E-state index < -0.39 is 5.97 Å². The summed E-state index contributed by atoms with van der Waals surface area (Å²) in [4.78, 5) is 30.7. The number of pyridine rings is 1. The average molecular weight is 493 g/mol. The number of nitrogens with zero attached hydrogens (tertiary/aromatic N) is 2. The molecule has 0 saturated heterocycles. The summed E-state index contributed by atoms with van der Waals surface area (Å²) >= 11 is 0. The van der Waals surface area contributed by atoms with E-state index in [0.29, 0.717) is 41.3 Å². The van der Waals surface area contributed by atoms with Gasteiger partial charge in [-0.3, -0.25) is 4.79 Å². The van der Waals surface area contributed by atoms with Gasteiger partial charge in [-0.1, -0.05) is 50.6 Å². The fourth-order valence-corrected chi connectivity index (χ4v) is 5.16. The van der Waals surface area contributed by atoms with Crippen molar-refractivity contribution in [3.8, 4) is 0 Å². The third kappa shape index (κ3) is 5.87. The van der Waals surface area contributed by atoms with Crippen molar-refractivity contribution in [1.29, 1.82) is 0 Å². The summed E-state index contributed by atoms with van der Waals surface area (Å²) in [5.74, 6) is -0.757. The maximum atomic E-state index is 13.1. The minimum absolute atomic E-state index is 0.189. The zero-order valence-electron chi connectivity index (χ0n) is 21.6. The zero-order valence-corrected chi connectivity index (χ0v) is 21.6. The molecule has 1 fully saturated rings. The SMILES string of the molecule is COCCn1c(C(=O)OC)c(NC(=O)Cc2ccccc2)c2cc(NC3CCCC(C)(C)C3)cnc21. The van der Waals surface area contributed by atoms with Gasteiger partial charge in [0.05, 0.1) is 37.7 Å². The van der Waals surface area contributed by atoms with Gasteiger partial charge in [-0.2, -0.15) is 0 Å². The minimum Gasteiger partial charge on any atom is -0.464 e. The summed E-state index contributed by atoms with van der Waals surface area (Å²) in [5.41, 5.74) is 3.31. The van der Waals surface area contributed by atoms with Crippen molar-refractivity contribution < 1.29 is 19.1 Å². The third-order valence-electron chi connectivity index (χ3n) is 6.84. The van der Waals surface area contributed by atoms with Gasteiger partial charge in [-0.15, -0.1) is 0 Å². The van der Waals surface area contributed by atoms with Crippen molar-refractivity contribution in [2.24, 2.45) is 5.41 Å². The number of rotatable bonds is 9. The Bertz CT molecular complexity index is 1220. The second-order valence-corrected chi connectivity index (χ2v) is 10.3. The number of hydrogen-bond acceptors (Lipinski definition) is 6. The second kappa shape index (κ2) is 11.1. The van der Waals surface area contributed by atoms with Gasteiger partial charge in [0.15, 0.2) is 5.69 Å². The van der Waals surface area contributed by atoms with Crippen LogP contribution in [0.15, 0.2) is 42.6 Å². The minimum atomic E-state index is -0.539. The predicted octanol–water partition coefficient (Wildman–Crippen LogP) is 5.03. The molecule has 0 spiro atoms. The molecular formula is C28H36N4O4. The van der Waals surface area contributed by atoms with Crippen molar-refractivity contribution in [1.82, 2.24) is 9.55 Å². The first-order valence-electron chi connectivity index (χ1n) is 12.5. The molecule has 2 N–H and O–H groups in total. The Balaban J connectivity index is 1.73. The number of carbonyl (C=O) groups excluding carboxylic acids is 2. The van der Waals surface area contributed by atoms with E-state index in [1.165, 1.54) is 20.0 Å². The summed E-state index contributed by atoms with van der Waals surface area (Å²) < 4.78 is 12.1. The van der Waals surface area contributed by atoms with E-state index in [4.69, 9.17) is 14.5 Å². The Labute approximate surface area is 212 Å². The Hall–Kier alpha value is -3.39. The lowest BCUT2D eigenvalue weighted by molar-refractivity contribution is -0.115. The molecule has 1 aliphatic rings. The first kappa shape index (κ1) is 25.7. The molecular weight excluding hydrogens is 456 g/mol. The third-order valence-corrected chi connectivity index (χ3v) is 6.84. The summed E-state index contributed by atoms with van der Waals surface area (Å²) in [5, 5.41) is 7.32. The maximum absolute atomic E-state index is 13.1. The van der Waals surface area contributed by atoms with Crippen molar-refractivity contribution in [2.45, 2.75) is 58.5 Å². The number of esters is 1. The molecule has 0 aliphatic heterocycles. The quantitative estimate of drug-likeness (QED) is 0.407. The number of ether oxygens (including phenoxy) is 2. The normalized spacial score (nSPS) is 17.1. The average Bonchev–Trinajstić information content (AvgIpc) is 3.14. The highest BCUT2D eigenvalue weighted by atomic mass is 16.5. The molecule has 1 amide bonds. The first-order valence-corrected chi connectivity index (χ1v) is 12.5. The molecule has 0 radical (unpaired) electrons. The number of aromatic nitrogens is 2. The Morgan fingerprint density at radius 3 is 2.67 bits per heavy atom.